The number of carbonyl (C=O) groups excluding carboxylic acids is 1. The molecule has 1 amide bonds. The van der Waals surface area contributed by atoms with Gasteiger partial charge < -0.3 is 10.4 Å². The number of rotatable bonds is 7. The molecule has 0 unspecified atom stereocenters. The molecule has 0 fully saturated rings. The van der Waals surface area contributed by atoms with E-state index in [1.807, 2.05) is 44.2 Å². The van der Waals surface area contributed by atoms with E-state index in [1.165, 1.54) is 0 Å². The van der Waals surface area contributed by atoms with Gasteiger partial charge in [0.25, 0.3) is 0 Å². The summed E-state index contributed by atoms with van der Waals surface area (Å²) in [6.45, 7) is 4.15. The van der Waals surface area contributed by atoms with Crippen LogP contribution in [0.2, 0.25) is 0 Å². The van der Waals surface area contributed by atoms with Gasteiger partial charge in [0, 0.05) is 12.6 Å². The third-order valence-corrected chi connectivity index (χ3v) is 3.24. The molecule has 3 heteroatoms. The molecule has 0 aliphatic heterocycles. The Balaban J connectivity index is 2.68. The first-order valence-electron chi connectivity index (χ1n) is 6.69. The maximum Gasteiger partial charge on any atom is 0.227 e. The largest absolute Gasteiger partial charge is 0.396 e. The summed E-state index contributed by atoms with van der Waals surface area (Å²) >= 11 is 0. The van der Waals surface area contributed by atoms with Crippen LogP contribution in [0.5, 0.6) is 0 Å². The third-order valence-electron chi connectivity index (χ3n) is 3.24. The predicted molar refractivity (Wildman–Crippen MR) is 73.4 cm³/mol. The maximum absolute atomic E-state index is 12.2. The van der Waals surface area contributed by atoms with Gasteiger partial charge in [0.15, 0.2) is 0 Å². The Bertz CT molecular complexity index is 351. The highest BCUT2D eigenvalue weighted by Gasteiger charge is 2.20. The smallest absolute Gasteiger partial charge is 0.227 e. The lowest BCUT2D eigenvalue weighted by molar-refractivity contribution is -0.123. The average Bonchev–Trinajstić information content (AvgIpc) is 2.40. The maximum atomic E-state index is 12.2. The van der Waals surface area contributed by atoms with Crippen molar-refractivity contribution in [3.05, 3.63) is 35.9 Å². The van der Waals surface area contributed by atoms with Gasteiger partial charge in [-0.05, 0) is 24.8 Å². The Morgan fingerprint density at radius 3 is 2.39 bits per heavy atom. The van der Waals surface area contributed by atoms with Gasteiger partial charge in [0.1, 0.15) is 0 Å². The lowest BCUT2D eigenvalue weighted by atomic mass is 9.95. The van der Waals surface area contributed by atoms with Crippen LogP contribution in [0.3, 0.4) is 0 Å². The number of aliphatic hydroxyl groups is 1. The predicted octanol–water partition coefficient (Wildman–Crippen LogP) is 2.46. The Hall–Kier alpha value is -1.35. The number of hydrogen-bond acceptors (Lipinski definition) is 2. The molecule has 0 heterocycles. The van der Waals surface area contributed by atoms with E-state index in [1.54, 1.807) is 0 Å². The molecule has 0 aliphatic rings. The number of hydrogen-bond donors (Lipinski definition) is 2. The molecule has 1 aromatic rings. The van der Waals surface area contributed by atoms with Crippen molar-refractivity contribution in [1.82, 2.24) is 5.32 Å². The summed E-state index contributed by atoms with van der Waals surface area (Å²) in [6, 6.07) is 9.91. The second kappa shape index (κ2) is 7.88. The first-order chi connectivity index (χ1) is 8.72. The summed E-state index contributed by atoms with van der Waals surface area (Å²) < 4.78 is 0. The molecule has 1 rings (SSSR count). The van der Waals surface area contributed by atoms with Crippen molar-refractivity contribution in [2.45, 2.75) is 45.1 Å². The van der Waals surface area contributed by atoms with Crippen molar-refractivity contribution in [3.8, 4) is 0 Å². The van der Waals surface area contributed by atoms with Crippen LogP contribution in [-0.2, 0) is 4.79 Å². The van der Waals surface area contributed by atoms with Gasteiger partial charge in [-0.25, -0.2) is 0 Å². The molecule has 0 spiro atoms. The minimum Gasteiger partial charge on any atom is -0.396 e. The minimum atomic E-state index is -0.0982. The molecule has 0 bridgehead atoms. The van der Waals surface area contributed by atoms with Gasteiger partial charge in [-0.15, -0.1) is 0 Å². The van der Waals surface area contributed by atoms with Crippen LogP contribution in [0.25, 0.3) is 0 Å². The van der Waals surface area contributed by atoms with Crippen LogP contribution in [0.1, 0.15) is 44.6 Å². The third kappa shape index (κ3) is 4.15. The highest BCUT2D eigenvalue weighted by atomic mass is 16.3. The van der Waals surface area contributed by atoms with Gasteiger partial charge in [0.05, 0.1) is 5.92 Å². The Morgan fingerprint density at radius 2 is 1.89 bits per heavy atom. The summed E-state index contributed by atoms with van der Waals surface area (Å²) in [7, 11) is 0. The van der Waals surface area contributed by atoms with E-state index >= 15 is 0 Å². The van der Waals surface area contributed by atoms with Crippen molar-refractivity contribution in [1.29, 1.82) is 0 Å². The Morgan fingerprint density at radius 1 is 1.22 bits per heavy atom. The Kier molecular flexibility index (Phi) is 6.44. The van der Waals surface area contributed by atoms with Crippen molar-refractivity contribution in [2.24, 2.45) is 0 Å². The Labute approximate surface area is 109 Å². The highest BCUT2D eigenvalue weighted by molar-refractivity contribution is 5.83. The molecule has 100 valence electrons. The summed E-state index contributed by atoms with van der Waals surface area (Å²) in [5, 5.41) is 12.0. The second-order valence-electron chi connectivity index (χ2n) is 4.50. The normalized spacial score (nSPS) is 13.9. The van der Waals surface area contributed by atoms with Gasteiger partial charge in [-0.1, -0.05) is 44.2 Å². The van der Waals surface area contributed by atoms with Crippen LogP contribution >= 0.6 is 0 Å². The monoisotopic (exact) mass is 249 g/mol. The van der Waals surface area contributed by atoms with Crippen molar-refractivity contribution >= 4 is 5.91 Å². The van der Waals surface area contributed by atoms with Crippen LogP contribution in [0.15, 0.2) is 30.3 Å². The fraction of sp³-hybridized carbons (Fsp3) is 0.533. The molecule has 0 aromatic heterocycles. The minimum absolute atomic E-state index is 0.0593. The van der Waals surface area contributed by atoms with Crippen molar-refractivity contribution in [3.63, 3.8) is 0 Å². The van der Waals surface area contributed by atoms with E-state index in [-0.39, 0.29) is 24.5 Å². The molecule has 0 saturated carbocycles. The summed E-state index contributed by atoms with van der Waals surface area (Å²) in [6.07, 6.45) is 2.25. The first kappa shape index (κ1) is 14.7. The molecule has 3 nitrogen and oxygen atoms in total. The highest BCUT2D eigenvalue weighted by Crippen LogP contribution is 2.19. The van der Waals surface area contributed by atoms with Gasteiger partial charge >= 0.3 is 0 Å². The number of benzene rings is 1. The van der Waals surface area contributed by atoms with Crippen LogP contribution in [0, 0.1) is 0 Å². The SMILES string of the molecule is CC[C@H](CCO)NC(=O)[C@H](CC)c1ccccc1. The fourth-order valence-electron chi connectivity index (χ4n) is 2.09. The summed E-state index contributed by atoms with van der Waals surface area (Å²) in [5.74, 6) is -0.0389. The van der Waals surface area contributed by atoms with Crippen LogP contribution in [-0.4, -0.2) is 23.7 Å². The molecule has 1 aromatic carbocycles. The van der Waals surface area contributed by atoms with Crippen molar-refractivity contribution in [2.75, 3.05) is 6.61 Å². The molecule has 0 aliphatic carbocycles. The van der Waals surface area contributed by atoms with E-state index < -0.39 is 0 Å². The number of amides is 1. The zero-order valence-electron chi connectivity index (χ0n) is 11.2. The number of nitrogens with one attached hydrogen (secondary N) is 1. The molecule has 18 heavy (non-hydrogen) atoms. The van der Waals surface area contributed by atoms with E-state index in [9.17, 15) is 4.79 Å². The van der Waals surface area contributed by atoms with E-state index in [0.29, 0.717) is 6.42 Å². The van der Waals surface area contributed by atoms with E-state index in [0.717, 1.165) is 18.4 Å². The molecule has 0 saturated heterocycles. The molecule has 2 N–H and O–H groups in total. The zero-order valence-corrected chi connectivity index (χ0v) is 11.2. The number of carbonyl (C=O) groups is 1. The topological polar surface area (TPSA) is 49.3 Å². The van der Waals surface area contributed by atoms with Gasteiger partial charge in [-0.3, -0.25) is 4.79 Å². The quantitative estimate of drug-likeness (QED) is 0.780. The standard InChI is InChI=1S/C15H23NO2/c1-3-13(10-11-17)16-15(18)14(4-2)12-8-6-5-7-9-12/h5-9,13-14,17H,3-4,10-11H2,1-2H3,(H,16,18)/t13-,14-/m1/s1. The lowest BCUT2D eigenvalue weighted by Crippen LogP contribution is -2.38. The average molecular weight is 249 g/mol. The molecule has 0 radical (unpaired) electrons. The first-order valence-corrected chi connectivity index (χ1v) is 6.69. The second-order valence-corrected chi connectivity index (χ2v) is 4.50. The van der Waals surface area contributed by atoms with E-state index in [2.05, 4.69) is 5.32 Å². The summed E-state index contributed by atoms with van der Waals surface area (Å²) in [4.78, 5) is 12.2. The lowest BCUT2D eigenvalue weighted by Gasteiger charge is -2.21. The van der Waals surface area contributed by atoms with Gasteiger partial charge in [-0.2, -0.15) is 0 Å². The fourth-order valence-corrected chi connectivity index (χ4v) is 2.09. The van der Waals surface area contributed by atoms with Crippen LogP contribution < -0.4 is 5.32 Å². The summed E-state index contributed by atoms with van der Waals surface area (Å²) in [5.41, 5.74) is 1.05. The molecular formula is C15H23NO2. The molecule has 2 atom stereocenters. The van der Waals surface area contributed by atoms with E-state index in [4.69, 9.17) is 5.11 Å². The van der Waals surface area contributed by atoms with Crippen molar-refractivity contribution < 1.29 is 9.90 Å². The van der Waals surface area contributed by atoms with Gasteiger partial charge in [0.2, 0.25) is 5.91 Å². The number of aliphatic hydroxyl groups excluding tert-OH is 1. The van der Waals surface area contributed by atoms with Crippen LogP contribution in [0.4, 0.5) is 0 Å². The molecular weight excluding hydrogens is 226 g/mol. The zero-order chi connectivity index (χ0) is 13.4.